The lowest BCUT2D eigenvalue weighted by molar-refractivity contribution is 0.171. The summed E-state index contributed by atoms with van der Waals surface area (Å²) in [5, 5.41) is 0. The lowest BCUT2D eigenvalue weighted by Gasteiger charge is -2.35. The number of hydrogen-bond donors (Lipinski definition) is 1. The maximum Gasteiger partial charge on any atom is 0.240 e. The highest BCUT2D eigenvalue weighted by atomic mass is 32.2. The minimum atomic E-state index is -3.88. The third-order valence-corrected chi connectivity index (χ3v) is 8.88. The largest absolute Gasteiger partial charge is 0.497 e. The molecule has 0 spiro atoms. The zero-order valence-corrected chi connectivity index (χ0v) is 19.9. The van der Waals surface area contributed by atoms with Gasteiger partial charge in [0.15, 0.2) is 11.5 Å². The first kappa shape index (κ1) is 23.6. The molecule has 1 N–H and O–H groups in total. The number of hydrogen-bond acceptors (Lipinski definition) is 8. The summed E-state index contributed by atoms with van der Waals surface area (Å²) >= 11 is 0. The third-order valence-electron chi connectivity index (χ3n) is 5.55. The number of anilines is 1. The zero-order valence-electron chi connectivity index (χ0n) is 18.3. The van der Waals surface area contributed by atoms with Crippen molar-refractivity contribution in [3.05, 3.63) is 42.5 Å². The van der Waals surface area contributed by atoms with E-state index in [4.69, 9.17) is 14.2 Å². The molecule has 12 heteroatoms. The van der Waals surface area contributed by atoms with Gasteiger partial charge in [0.05, 0.1) is 17.8 Å². The van der Waals surface area contributed by atoms with Crippen LogP contribution in [0.1, 0.15) is 0 Å². The SMILES string of the molecule is COc1ccc(N2CCN(S(=O)(=O)CCNS(=O)(=O)c3ccc4c(c3)OCCO4)CC2)cc1. The van der Waals surface area contributed by atoms with Crippen molar-refractivity contribution >= 4 is 25.7 Å². The molecule has 2 aliphatic heterocycles. The fourth-order valence-electron chi connectivity index (χ4n) is 3.73. The van der Waals surface area contributed by atoms with Crippen LogP contribution in [0, 0.1) is 0 Å². The molecule has 0 bridgehead atoms. The van der Waals surface area contributed by atoms with E-state index in [2.05, 4.69) is 9.62 Å². The van der Waals surface area contributed by atoms with Crippen molar-refractivity contribution in [2.75, 3.05) is 63.7 Å². The van der Waals surface area contributed by atoms with Crippen molar-refractivity contribution in [2.45, 2.75) is 4.90 Å². The quantitative estimate of drug-likeness (QED) is 0.572. The van der Waals surface area contributed by atoms with E-state index in [0.29, 0.717) is 50.9 Å². The predicted octanol–water partition coefficient (Wildman–Crippen LogP) is 0.897. The highest BCUT2D eigenvalue weighted by molar-refractivity contribution is 7.90. The van der Waals surface area contributed by atoms with Crippen LogP contribution in [0.15, 0.2) is 47.4 Å². The Hall–Kier alpha value is -2.54. The minimum absolute atomic E-state index is 0.00254. The Balaban J connectivity index is 1.30. The number of ether oxygens (including phenoxy) is 3. The van der Waals surface area contributed by atoms with Crippen molar-refractivity contribution in [3.63, 3.8) is 0 Å². The number of benzene rings is 2. The Morgan fingerprint density at radius 1 is 0.909 bits per heavy atom. The summed E-state index contributed by atoms with van der Waals surface area (Å²) in [7, 11) is -5.88. The van der Waals surface area contributed by atoms with Crippen LogP contribution < -0.4 is 23.8 Å². The molecule has 2 aromatic carbocycles. The van der Waals surface area contributed by atoms with E-state index < -0.39 is 20.0 Å². The van der Waals surface area contributed by atoms with Gasteiger partial charge in [0, 0.05) is 44.5 Å². The van der Waals surface area contributed by atoms with Crippen LogP contribution in [0.4, 0.5) is 5.69 Å². The van der Waals surface area contributed by atoms with Crippen LogP contribution in [-0.4, -0.2) is 79.9 Å². The summed E-state index contributed by atoms with van der Waals surface area (Å²) in [6.45, 7) is 2.30. The first-order valence-corrected chi connectivity index (χ1v) is 13.6. The van der Waals surface area contributed by atoms with Crippen LogP contribution in [0.25, 0.3) is 0 Å². The second-order valence-electron chi connectivity index (χ2n) is 7.60. The molecule has 33 heavy (non-hydrogen) atoms. The summed E-state index contributed by atoms with van der Waals surface area (Å²) in [5.74, 6) is 1.28. The standard InChI is InChI=1S/C21H27N3O7S2/c1-29-18-4-2-17(3-5-18)23-9-11-24(12-10-23)32(25,26)15-8-22-33(27,28)19-6-7-20-21(16-19)31-14-13-30-20/h2-7,16,22H,8-15H2,1H3. The van der Waals surface area contributed by atoms with Crippen molar-refractivity contribution in [1.82, 2.24) is 9.03 Å². The summed E-state index contributed by atoms with van der Waals surface area (Å²) in [6.07, 6.45) is 0. The van der Waals surface area contributed by atoms with Crippen LogP contribution in [0.3, 0.4) is 0 Å². The smallest absolute Gasteiger partial charge is 0.240 e. The van der Waals surface area contributed by atoms with Crippen molar-refractivity contribution in [3.8, 4) is 17.2 Å². The molecule has 0 unspecified atom stereocenters. The summed E-state index contributed by atoms with van der Waals surface area (Å²) < 4.78 is 70.4. The van der Waals surface area contributed by atoms with Crippen LogP contribution in [0.2, 0.25) is 0 Å². The molecule has 180 valence electrons. The average molecular weight is 498 g/mol. The second-order valence-corrected chi connectivity index (χ2v) is 11.5. The van der Waals surface area contributed by atoms with Gasteiger partial charge in [-0.15, -0.1) is 0 Å². The molecule has 10 nitrogen and oxygen atoms in total. The van der Waals surface area contributed by atoms with Gasteiger partial charge < -0.3 is 19.1 Å². The molecular formula is C21H27N3O7S2. The number of rotatable bonds is 8. The van der Waals surface area contributed by atoms with Gasteiger partial charge in [-0.2, -0.15) is 4.31 Å². The highest BCUT2D eigenvalue weighted by Crippen LogP contribution is 2.32. The molecule has 2 aliphatic rings. The zero-order chi connectivity index (χ0) is 23.5. The molecule has 2 heterocycles. The summed E-state index contributed by atoms with van der Waals surface area (Å²) in [4.78, 5) is 2.10. The normalized spacial score (nSPS) is 17.1. The second kappa shape index (κ2) is 9.75. The van der Waals surface area contributed by atoms with Gasteiger partial charge in [0.2, 0.25) is 20.0 Å². The fraction of sp³-hybridized carbons (Fsp3) is 0.429. The highest BCUT2D eigenvalue weighted by Gasteiger charge is 2.28. The van der Waals surface area contributed by atoms with Gasteiger partial charge in [-0.1, -0.05) is 0 Å². The Morgan fingerprint density at radius 3 is 2.24 bits per heavy atom. The molecule has 0 saturated carbocycles. The number of piperazine rings is 1. The van der Waals surface area contributed by atoms with E-state index in [1.165, 1.54) is 22.5 Å². The van der Waals surface area contributed by atoms with Gasteiger partial charge in [0.1, 0.15) is 19.0 Å². The molecule has 4 rings (SSSR count). The van der Waals surface area contributed by atoms with Crippen LogP contribution in [-0.2, 0) is 20.0 Å². The van der Waals surface area contributed by atoms with E-state index in [-0.39, 0.29) is 17.2 Å². The monoisotopic (exact) mass is 497 g/mol. The first-order chi connectivity index (χ1) is 15.8. The number of sulfonamides is 2. The molecule has 0 radical (unpaired) electrons. The lowest BCUT2D eigenvalue weighted by atomic mass is 10.2. The summed E-state index contributed by atoms with van der Waals surface area (Å²) in [5.41, 5.74) is 1.00. The minimum Gasteiger partial charge on any atom is -0.497 e. The Morgan fingerprint density at radius 2 is 1.58 bits per heavy atom. The topological polar surface area (TPSA) is 114 Å². The number of fused-ring (bicyclic) bond motifs is 1. The molecule has 1 fully saturated rings. The Bertz CT molecular complexity index is 1180. The van der Waals surface area contributed by atoms with Gasteiger partial charge >= 0.3 is 0 Å². The predicted molar refractivity (Wildman–Crippen MR) is 123 cm³/mol. The lowest BCUT2D eigenvalue weighted by Crippen LogP contribution is -2.50. The third kappa shape index (κ3) is 5.52. The van der Waals surface area contributed by atoms with Gasteiger partial charge in [0.25, 0.3) is 0 Å². The van der Waals surface area contributed by atoms with Crippen molar-refractivity contribution < 1.29 is 31.0 Å². The van der Waals surface area contributed by atoms with Crippen molar-refractivity contribution in [2.24, 2.45) is 0 Å². The molecule has 0 aromatic heterocycles. The maximum atomic E-state index is 12.7. The first-order valence-electron chi connectivity index (χ1n) is 10.5. The fourth-order valence-corrected chi connectivity index (χ4v) is 6.24. The molecule has 1 saturated heterocycles. The average Bonchev–Trinajstić information content (AvgIpc) is 2.83. The molecular weight excluding hydrogens is 470 g/mol. The number of methoxy groups -OCH3 is 1. The van der Waals surface area contributed by atoms with E-state index in [1.807, 2.05) is 24.3 Å². The molecule has 0 atom stereocenters. The van der Waals surface area contributed by atoms with Gasteiger partial charge in [-0.05, 0) is 36.4 Å². The maximum absolute atomic E-state index is 12.7. The Labute approximate surface area is 194 Å². The van der Waals surface area contributed by atoms with Crippen LogP contribution >= 0.6 is 0 Å². The molecule has 0 amide bonds. The molecule has 2 aromatic rings. The van der Waals surface area contributed by atoms with E-state index in [9.17, 15) is 16.8 Å². The number of nitrogens with zero attached hydrogens (tertiary/aromatic N) is 2. The van der Waals surface area contributed by atoms with Gasteiger partial charge in [-0.3, -0.25) is 0 Å². The van der Waals surface area contributed by atoms with E-state index >= 15 is 0 Å². The Kier molecular flexibility index (Phi) is 6.98. The van der Waals surface area contributed by atoms with E-state index in [1.54, 1.807) is 7.11 Å². The van der Waals surface area contributed by atoms with Crippen LogP contribution in [0.5, 0.6) is 17.2 Å². The molecule has 0 aliphatic carbocycles. The summed E-state index contributed by atoms with van der Waals surface area (Å²) in [6, 6.07) is 11.9. The van der Waals surface area contributed by atoms with E-state index in [0.717, 1.165) is 11.4 Å². The van der Waals surface area contributed by atoms with Gasteiger partial charge in [-0.25, -0.2) is 21.6 Å². The number of nitrogens with one attached hydrogen (secondary N) is 1. The van der Waals surface area contributed by atoms with Crippen molar-refractivity contribution in [1.29, 1.82) is 0 Å².